The molecule has 2 N–H and O–H groups in total. The number of guanidine groups is 1. The van der Waals surface area contributed by atoms with Gasteiger partial charge in [0.15, 0.2) is 11.8 Å². The SMILES string of the molecule is CN=C(NCC1(c2ccc(F)cc2)CCC1)NC1CCc2nc(COC)nn2C1. The third-order valence-corrected chi connectivity index (χ3v) is 6.10. The molecule has 7 nitrogen and oxygen atoms in total. The van der Waals surface area contributed by atoms with E-state index in [1.807, 2.05) is 16.8 Å². The Kier molecular flexibility index (Phi) is 5.80. The first kappa shape index (κ1) is 19.8. The molecule has 1 aromatic carbocycles. The van der Waals surface area contributed by atoms with Crippen molar-refractivity contribution in [3.8, 4) is 0 Å². The fourth-order valence-corrected chi connectivity index (χ4v) is 4.28. The fraction of sp³-hybridized carbons (Fsp3) is 0.571. The number of aromatic nitrogens is 3. The molecule has 2 aromatic rings. The highest BCUT2D eigenvalue weighted by atomic mass is 19.1. The Balaban J connectivity index is 1.35. The van der Waals surface area contributed by atoms with Crippen LogP contribution in [0.5, 0.6) is 0 Å². The number of aryl methyl sites for hydroxylation is 1. The van der Waals surface area contributed by atoms with Crippen molar-refractivity contribution < 1.29 is 9.13 Å². The van der Waals surface area contributed by atoms with Crippen molar-refractivity contribution in [1.29, 1.82) is 0 Å². The summed E-state index contributed by atoms with van der Waals surface area (Å²) in [6.45, 7) is 1.99. The molecule has 156 valence electrons. The summed E-state index contributed by atoms with van der Waals surface area (Å²) in [5, 5.41) is 11.6. The van der Waals surface area contributed by atoms with E-state index in [2.05, 4.69) is 25.7 Å². The van der Waals surface area contributed by atoms with Gasteiger partial charge in [-0.2, -0.15) is 5.10 Å². The summed E-state index contributed by atoms with van der Waals surface area (Å²) in [4.78, 5) is 8.94. The van der Waals surface area contributed by atoms with Gasteiger partial charge in [0.1, 0.15) is 18.2 Å². The predicted molar refractivity (Wildman–Crippen MR) is 109 cm³/mol. The highest BCUT2D eigenvalue weighted by Crippen LogP contribution is 2.43. The summed E-state index contributed by atoms with van der Waals surface area (Å²) >= 11 is 0. The number of methoxy groups -OCH3 is 1. The number of hydrogen-bond acceptors (Lipinski definition) is 4. The smallest absolute Gasteiger partial charge is 0.191 e. The van der Waals surface area contributed by atoms with Crippen LogP contribution in [0.4, 0.5) is 4.39 Å². The largest absolute Gasteiger partial charge is 0.377 e. The van der Waals surface area contributed by atoms with E-state index >= 15 is 0 Å². The van der Waals surface area contributed by atoms with E-state index < -0.39 is 0 Å². The second-order valence-corrected chi connectivity index (χ2v) is 8.01. The zero-order chi connectivity index (χ0) is 20.3. The maximum atomic E-state index is 13.3. The number of ether oxygens (including phenoxy) is 1. The van der Waals surface area contributed by atoms with Gasteiger partial charge in [-0.25, -0.2) is 14.1 Å². The number of fused-ring (bicyclic) bond motifs is 1. The second kappa shape index (κ2) is 8.49. The molecule has 0 bridgehead atoms. The minimum Gasteiger partial charge on any atom is -0.377 e. The van der Waals surface area contributed by atoms with Gasteiger partial charge in [-0.1, -0.05) is 18.6 Å². The third-order valence-electron chi connectivity index (χ3n) is 6.10. The van der Waals surface area contributed by atoms with Crippen LogP contribution in [0.3, 0.4) is 0 Å². The van der Waals surface area contributed by atoms with Gasteiger partial charge in [-0.15, -0.1) is 0 Å². The third kappa shape index (κ3) is 4.27. The van der Waals surface area contributed by atoms with Gasteiger partial charge in [0.05, 0.1) is 6.54 Å². The molecule has 29 heavy (non-hydrogen) atoms. The lowest BCUT2D eigenvalue weighted by atomic mass is 9.64. The van der Waals surface area contributed by atoms with Crippen molar-refractivity contribution in [2.75, 3.05) is 20.7 Å². The molecule has 0 amide bonds. The van der Waals surface area contributed by atoms with Crippen molar-refractivity contribution in [3.63, 3.8) is 0 Å². The zero-order valence-corrected chi connectivity index (χ0v) is 17.1. The van der Waals surface area contributed by atoms with Crippen LogP contribution in [0.2, 0.25) is 0 Å². The summed E-state index contributed by atoms with van der Waals surface area (Å²) in [5.41, 5.74) is 1.26. The van der Waals surface area contributed by atoms with E-state index in [1.54, 1.807) is 26.3 Å². The molecule has 0 saturated heterocycles. The van der Waals surface area contributed by atoms with Crippen LogP contribution < -0.4 is 10.6 Å². The molecule has 1 unspecified atom stereocenters. The summed E-state index contributed by atoms with van der Waals surface area (Å²) in [7, 11) is 3.45. The first-order valence-electron chi connectivity index (χ1n) is 10.3. The number of nitrogens with one attached hydrogen (secondary N) is 2. The monoisotopic (exact) mass is 400 g/mol. The Hall–Kier alpha value is -2.48. The van der Waals surface area contributed by atoms with Gasteiger partial charge in [-0.3, -0.25) is 4.99 Å². The summed E-state index contributed by atoms with van der Waals surface area (Å²) in [6.07, 6.45) is 5.28. The van der Waals surface area contributed by atoms with Crippen LogP contribution in [0.25, 0.3) is 0 Å². The van der Waals surface area contributed by atoms with Gasteiger partial charge < -0.3 is 15.4 Å². The van der Waals surface area contributed by atoms with Crippen LogP contribution >= 0.6 is 0 Å². The molecule has 2 aliphatic rings. The Morgan fingerprint density at radius 3 is 2.79 bits per heavy atom. The van der Waals surface area contributed by atoms with Crippen molar-refractivity contribution in [2.24, 2.45) is 4.99 Å². The van der Waals surface area contributed by atoms with Gasteiger partial charge >= 0.3 is 0 Å². The Morgan fingerprint density at radius 2 is 2.14 bits per heavy atom. The standard InChI is InChI=1S/C21H29FN6O/c1-23-20(24-14-21(10-3-11-21)15-4-6-16(22)7-5-15)25-17-8-9-19-26-18(13-29-2)27-28(19)12-17/h4-7,17H,3,8-14H2,1-2H3,(H2,23,24,25). The quantitative estimate of drug-likeness (QED) is 0.574. The average Bonchev–Trinajstić information content (AvgIpc) is 3.09. The van der Waals surface area contributed by atoms with Crippen molar-refractivity contribution >= 4 is 5.96 Å². The molecule has 4 rings (SSSR count). The topological polar surface area (TPSA) is 76.4 Å². The molecular formula is C21H29FN6O. The number of benzene rings is 1. The normalized spacial score (nSPS) is 20.7. The number of nitrogens with zero attached hydrogens (tertiary/aromatic N) is 4. The fourth-order valence-electron chi connectivity index (χ4n) is 4.28. The molecule has 1 aliphatic heterocycles. The van der Waals surface area contributed by atoms with Crippen molar-refractivity contribution in [2.45, 2.75) is 56.7 Å². The minimum absolute atomic E-state index is 0.0615. The molecule has 2 heterocycles. The molecule has 1 saturated carbocycles. The number of rotatable bonds is 6. The van der Waals surface area contributed by atoms with Crippen LogP contribution in [0.1, 0.15) is 42.9 Å². The van der Waals surface area contributed by atoms with E-state index in [-0.39, 0.29) is 17.3 Å². The molecule has 8 heteroatoms. The molecule has 1 aliphatic carbocycles. The second-order valence-electron chi connectivity index (χ2n) is 8.01. The maximum Gasteiger partial charge on any atom is 0.191 e. The zero-order valence-electron chi connectivity index (χ0n) is 17.1. The lowest BCUT2D eigenvalue weighted by molar-refractivity contribution is 0.177. The Morgan fingerprint density at radius 1 is 1.34 bits per heavy atom. The van der Waals surface area contributed by atoms with Gasteiger partial charge in [0.25, 0.3) is 0 Å². The Bertz CT molecular complexity index is 859. The van der Waals surface area contributed by atoms with Gasteiger partial charge in [-0.05, 0) is 37.0 Å². The van der Waals surface area contributed by atoms with Crippen LogP contribution in [0, 0.1) is 5.82 Å². The first-order valence-corrected chi connectivity index (χ1v) is 10.3. The van der Waals surface area contributed by atoms with Crippen molar-refractivity contribution in [3.05, 3.63) is 47.3 Å². The lowest BCUT2D eigenvalue weighted by Crippen LogP contribution is -2.52. The van der Waals surface area contributed by atoms with Crippen LogP contribution in [-0.4, -0.2) is 47.5 Å². The van der Waals surface area contributed by atoms with Gasteiger partial charge in [0, 0.05) is 38.6 Å². The summed E-state index contributed by atoms with van der Waals surface area (Å²) in [6, 6.07) is 7.18. The van der Waals surface area contributed by atoms with E-state index in [4.69, 9.17) is 4.74 Å². The van der Waals surface area contributed by atoms with E-state index in [0.717, 1.165) is 56.4 Å². The van der Waals surface area contributed by atoms with E-state index in [0.29, 0.717) is 6.61 Å². The number of halogens is 1. The predicted octanol–water partition coefficient (Wildman–Crippen LogP) is 2.17. The highest BCUT2D eigenvalue weighted by Gasteiger charge is 2.38. The van der Waals surface area contributed by atoms with Crippen LogP contribution in [0.15, 0.2) is 29.3 Å². The molecule has 0 spiro atoms. The average molecular weight is 401 g/mol. The Labute approximate surface area is 170 Å². The maximum absolute atomic E-state index is 13.3. The number of aliphatic imine (C=N–C) groups is 1. The number of hydrogen-bond donors (Lipinski definition) is 2. The van der Waals surface area contributed by atoms with Crippen molar-refractivity contribution in [1.82, 2.24) is 25.4 Å². The molecule has 0 radical (unpaired) electrons. The molecule has 1 aromatic heterocycles. The molecule has 1 fully saturated rings. The lowest BCUT2D eigenvalue weighted by Gasteiger charge is -2.43. The van der Waals surface area contributed by atoms with Gasteiger partial charge in [0.2, 0.25) is 0 Å². The summed E-state index contributed by atoms with van der Waals surface area (Å²) in [5.74, 6) is 2.36. The van der Waals surface area contributed by atoms with E-state index in [9.17, 15) is 4.39 Å². The first-order chi connectivity index (χ1) is 14.1. The summed E-state index contributed by atoms with van der Waals surface area (Å²) < 4.78 is 20.4. The highest BCUT2D eigenvalue weighted by molar-refractivity contribution is 5.80. The van der Waals surface area contributed by atoms with E-state index in [1.165, 1.54) is 12.0 Å². The molecular weight excluding hydrogens is 371 g/mol. The van der Waals surface area contributed by atoms with Crippen LogP contribution in [-0.2, 0) is 29.7 Å². The molecule has 1 atom stereocenters. The minimum atomic E-state index is -0.188.